The Kier molecular flexibility index (Phi) is 7.71. The second-order valence-electron chi connectivity index (χ2n) is 8.05. The van der Waals surface area contributed by atoms with E-state index in [0.29, 0.717) is 18.8 Å². The van der Waals surface area contributed by atoms with Crippen molar-refractivity contribution in [2.45, 2.75) is 77.0 Å². The van der Waals surface area contributed by atoms with Gasteiger partial charge in [0.05, 0.1) is 6.42 Å². The molecular formula is C23H32N2O5. The Balaban J connectivity index is 1.61. The monoisotopic (exact) mass is 416 g/mol. The van der Waals surface area contributed by atoms with Gasteiger partial charge in [-0.1, -0.05) is 25.5 Å². The fourth-order valence-corrected chi connectivity index (χ4v) is 4.05. The van der Waals surface area contributed by atoms with Gasteiger partial charge in [-0.25, -0.2) is 0 Å². The predicted molar refractivity (Wildman–Crippen MR) is 112 cm³/mol. The number of carbonyl (C=O) groups is 3. The molecule has 164 valence electrons. The molecule has 1 aliphatic heterocycles. The van der Waals surface area contributed by atoms with Gasteiger partial charge in [0.25, 0.3) is 5.91 Å². The van der Waals surface area contributed by atoms with Gasteiger partial charge in [0.1, 0.15) is 17.9 Å². The molecule has 0 unspecified atom stereocenters. The first kappa shape index (κ1) is 22.1. The van der Waals surface area contributed by atoms with Crippen LogP contribution in [0.25, 0.3) is 0 Å². The maximum atomic E-state index is 13.0. The molecule has 1 N–H and O–H groups in total. The zero-order valence-corrected chi connectivity index (χ0v) is 17.9. The minimum absolute atomic E-state index is 0.0737. The molecule has 1 heterocycles. The van der Waals surface area contributed by atoms with Gasteiger partial charge < -0.3 is 19.7 Å². The van der Waals surface area contributed by atoms with Gasteiger partial charge in [0, 0.05) is 13.1 Å². The van der Waals surface area contributed by atoms with E-state index < -0.39 is 18.1 Å². The Labute approximate surface area is 178 Å². The number of piperazine rings is 1. The second-order valence-corrected chi connectivity index (χ2v) is 8.05. The molecule has 30 heavy (non-hydrogen) atoms. The molecule has 1 saturated heterocycles. The quantitative estimate of drug-likeness (QED) is 0.691. The number of amides is 2. The number of ether oxygens (including phenoxy) is 2. The Bertz CT molecular complexity index is 742. The molecular weight excluding hydrogens is 384 g/mol. The predicted octanol–water partition coefficient (Wildman–Crippen LogP) is 2.61. The zero-order chi connectivity index (χ0) is 21.5. The smallest absolute Gasteiger partial charge is 0.308 e. The van der Waals surface area contributed by atoms with Crippen molar-refractivity contribution < 1.29 is 23.9 Å². The maximum absolute atomic E-state index is 13.0. The molecule has 7 heteroatoms. The third-order valence-corrected chi connectivity index (χ3v) is 5.82. The normalized spacial score (nSPS) is 20.9. The Morgan fingerprint density at radius 2 is 1.87 bits per heavy atom. The molecule has 1 aliphatic carbocycles. The highest BCUT2D eigenvalue weighted by molar-refractivity contribution is 5.93. The van der Waals surface area contributed by atoms with Gasteiger partial charge in [-0.2, -0.15) is 0 Å². The van der Waals surface area contributed by atoms with Gasteiger partial charge in [-0.05, 0) is 56.7 Å². The van der Waals surface area contributed by atoms with Crippen molar-refractivity contribution >= 4 is 17.8 Å². The number of hydrogen-bond acceptors (Lipinski definition) is 5. The summed E-state index contributed by atoms with van der Waals surface area (Å²) in [5.74, 6) is -0.456. The van der Waals surface area contributed by atoms with Crippen molar-refractivity contribution in [1.82, 2.24) is 10.2 Å². The van der Waals surface area contributed by atoms with Crippen LogP contribution in [0, 0.1) is 0 Å². The van der Waals surface area contributed by atoms with Crippen LogP contribution in [0.2, 0.25) is 0 Å². The number of benzene rings is 1. The summed E-state index contributed by atoms with van der Waals surface area (Å²) >= 11 is 0. The zero-order valence-electron chi connectivity index (χ0n) is 17.9. The standard InChI is InChI=1S/C23H32N2O5/c1-3-17-9-11-19(12-10-17)29-16(2)23(28)25-14-13-24-22(27)20(25)15-21(26)30-18-7-5-4-6-8-18/h9-12,16,18,20H,3-8,13-15H2,1-2H3,(H,24,27)/t16-,20+/m0/s1. The molecule has 0 radical (unpaired) electrons. The molecule has 0 aromatic heterocycles. The summed E-state index contributed by atoms with van der Waals surface area (Å²) in [5.41, 5.74) is 1.19. The van der Waals surface area contributed by atoms with E-state index in [1.165, 1.54) is 16.9 Å². The molecule has 3 rings (SSSR count). The lowest BCUT2D eigenvalue weighted by Crippen LogP contribution is -2.60. The average molecular weight is 417 g/mol. The van der Waals surface area contributed by atoms with Crippen LogP contribution < -0.4 is 10.1 Å². The fraction of sp³-hybridized carbons (Fsp3) is 0.609. The van der Waals surface area contributed by atoms with Crippen molar-refractivity contribution in [3.05, 3.63) is 29.8 Å². The third-order valence-electron chi connectivity index (χ3n) is 5.82. The van der Waals surface area contributed by atoms with E-state index in [1.54, 1.807) is 6.92 Å². The summed E-state index contributed by atoms with van der Waals surface area (Å²) in [7, 11) is 0. The van der Waals surface area contributed by atoms with Crippen LogP contribution in [0.4, 0.5) is 0 Å². The molecule has 0 spiro atoms. The third kappa shape index (κ3) is 5.74. The van der Waals surface area contributed by atoms with E-state index in [4.69, 9.17) is 9.47 Å². The Hall–Kier alpha value is -2.57. The van der Waals surface area contributed by atoms with E-state index in [9.17, 15) is 14.4 Å². The summed E-state index contributed by atoms with van der Waals surface area (Å²) in [5, 5.41) is 2.75. The van der Waals surface area contributed by atoms with E-state index >= 15 is 0 Å². The largest absolute Gasteiger partial charge is 0.481 e. The first-order valence-electron chi connectivity index (χ1n) is 11.0. The number of hydrogen-bond donors (Lipinski definition) is 1. The SMILES string of the molecule is CCc1ccc(O[C@@H](C)C(=O)N2CCNC(=O)[C@H]2CC(=O)OC2CCCCC2)cc1. The van der Waals surface area contributed by atoms with Crippen LogP contribution in [0.3, 0.4) is 0 Å². The number of nitrogens with zero attached hydrogens (tertiary/aromatic N) is 1. The van der Waals surface area contributed by atoms with E-state index in [2.05, 4.69) is 12.2 Å². The van der Waals surface area contributed by atoms with Crippen molar-refractivity contribution in [2.24, 2.45) is 0 Å². The lowest BCUT2D eigenvalue weighted by atomic mass is 9.98. The number of nitrogens with one attached hydrogen (secondary N) is 1. The van der Waals surface area contributed by atoms with E-state index in [-0.39, 0.29) is 24.3 Å². The molecule has 2 atom stereocenters. The molecule has 2 amide bonds. The van der Waals surface area contributed by atoms with E-state index in [0.717, 1.165) is 32.1 Å². The lowest BCUT2D eigenvalue weighted by molar-refractivity contribution is -0.157. The van der Waals surface area contributed by atoms with Crippen LogP contribution in [0.5, 0.6) is 5.75 Å². The molecule has 7 nitrogen and oxygen atoms in total. The van der Waals surface area contributed by atoms with Crippen molar-refractivity contribution in [3.8, 4) is 5.75 Å². The van der Waals surface area contributed by atoms with Gasteiger partial charge in [-0.3, -0.25) is 14.4 Å². The van der Waals surface area contributed by atoms with E-state index in [1.807, 2.05) is 24.3 Å². The molecule has 2 fully saturated rings. The lowest BCUT2D eigenvalue weighted by Gasteiger charge is -2.36. The number of aryl methyl sites for hydroxylation is 1. The van der Waals surface area contributed by atoms with Crippen LogP contribution in [-0.4, -0.2) is 54.0 Å². The Morgan fingerprint density at radius 1 is 1.17 bits per heavy atom. The molecule has 0 bridgehead atoms. The summed E-state index contributed by atoms with van der Waals surface area (Å²) in [4.78, 5) is 39.3. The Morgan fingerprint density at radius 3 is 2.53 bits per heavy atom. The van der Waals surface area contributed by atoms with Crippen LogP contribution in [0.15, 0.2) is 24.3 Å². The maximum Gasteiger partial charge on any atom is 0.308 e. The van der Waals surface area contributed by atoms with Crippen LogP contribution >= 0.6 is 0 Å². The minimum Gasteiger partial charge on any atom is -0.481 e. The van der Waals surface area contributed by atoms with Crippen LogP contribution in [0.1, 0.15) is 57.9 Å². The summed E-state index contributed by atoms with van der Waals surface area (Å²) in [6.07, 6.45) is 4.97. The number of esters is 1. The molecule has 2 aliphatic rings. The topological polar surface area (TPSA) is 84.9 Å². The first-order chi connectivity index (χ1) is 14.5. The van der Waals surface area contributed by atoms with Crippen molar-refractivity contribution in [2.75, 3.05) is 13.1 Å². The number of carbonyl (C=O) groups excluding carboxylic acids is 3. The highest BCUT2D eigenvalue weighted by Gasteiger charge is 2.37. The summed E-state index contributed by atoms with van der Waals surface area (Å²) in [6.45, 7) is 4.44. The highest BCUT2D eigenvalue weighted by Crippen LogP contribution is 2.22. The number of rotatable bonds is 7. The van der Waals surface area contributed by atoms with Crippen molar-refractivity contribution in [1.29, 1.82) is 0 Å². The molecule has 1 saturated carbocycles. The van der Waals surface area contributed by atoms with Gasteiger partial charge in [0.2, 0.25) is 5.91 Å². The summed E-state index contributed by atoms with van der Waals surface area (Å²) < 4.78 is 11.4. The first-order valence-corrected chi connectivity index (χ1v) is 11.0. The molecule has 1 aromatic rings. The van der Waals surface area contributed by atoms with Gasteiger partial charge in [0.15, 0.2) is 6.10 Å². The van der Waals surface area contributed by atoms with Crippen molar-refractivity contribution in [3.63, 3.8) is 0 Å². The van der Waals surface area contributed by atoms with Gasteiger partial charge in [-0.15, -0.1) is 0 Å². The second kappa shape index (κ2) is 10.5. The molecule has 1 aromatic carbocycles. The minimum atomic E-state index is -0.865. The highest BCUT2D eigenvalue weighted by atomic mass is 16.5. The fourth-order valence-electron chi connectivity index (χ4n) is 4.05. The van der Waals surface area contributed by atoms with Gasteiger partial charge >= 0.3 is 5.97 Å². The average Bonchev–Trinajstić information content (AvgIpc) is 2.76. The summed E-state index contributed by atoms with van der Waals surface area (Å²) in [6, 6.07) is 6.74. The van der Waals surface area contributed by atoms with Crippen LogP contribution in [-0.2, 0) is 25.5 Å².